The number of rotatable bonds is 2. The standard InChI is InChI=1S/C20H21NO4/c1-23-18-10-13-8-12-9-17(15(13)11-19(18)24-2)21(20(22)25-3)16-7-5-4-6-14(12)16/h4-7,10-12,17H,8-9H2,1-3H3. The molecule has 5 nitrogen and oxygen atoms in total. The van der Waals surface area contributed by atoms with E-state index in [-0.39, 0.29) is 12.1 Å². The number of nitrogens with zero attached hydrogens (tertiary/aromatic N) is 1. The largest absolute Gasteiger partial charge is 0.493 e. The van der Waals surface area contributed by atoms with Crippen LogP contribution in [0.2, 0.25) is 0 Å². The van der Waals surface area contributed by atoms with Crippen LogP contribution in [-0.2, 0) is 11.2 Å². The highest BCUT2D eigenvalue weighted by atomic mass is 16.5. The zero-order valence-electron chi connectivity index (χ0n) is 14.6. The summed E-state index contributed by atoms with van der Waals surface area (Å²) in [4.78, 5) is 14.3. The Hall–Kier alpha value is -2.69. The van der Waals surface area contributed by atoms with Crippen molar-refractivity contribution in [1.82, 2.24) is 0 Å². The fraction of sp³-hybridized carbons (Fsp3) is 0.350. The molecular weight excluding hydrogens is 318 g/mol. The number of hydrogen-bond acceptors (Lipinski definition) is 4. The Morgan fingerprint density at radius 3 is 2.48 bits per heavy atom. The maximum Gasteiger partial charge on any atom is 0.414 e. The van der Waals surface area contributed by atoms with Crippen molar-refractivity contribution in [2.24, 2.45) is 0 Å². The Kier molecular flexibility index (Phi) is 3.79. The second-order valence-electron chi connectivity index (χ2n) is 6.46. The summed E-state index contributed by atoms with van der Waals surface area (Å²) in [6.07, 6.45) is 1.48. The van der Waals surface area contributed by atoms with Crippen LogP contribution in [0.25, 0.3) is 0 Å². The molecule has 1 amide bonds. The average molecular weight is 339 g/mol. The first-order valence-corrected chi connectivity index (χ1v) is 8.38. The molecule has 0 saturated heterocycles. The first-order valence-electron chi connectivity index (χ1n) is 8.38. The molecule has 2 atom stereocenters. The van der Waals surface area contributed by atoms with Crippen molar-refractivity contribution < 1.29 is 19.0 Å². The lowest BCUT2D eigenvalue weighted by molar-refractivity contribution is 0.173. The van der Waals surface area contributed by atoms with Gasteiger partial charge in [-0.1, -0.05) is 18.2 Å². The lowest BCUT2D eigenvalue weighted by Crippen LogP contribution is -2.42. The van der Waals surface area contributed by atoms with E-state index in [2.05, 4.69) is 6.07 Å². The predicted molar refractivity (Wildman–Crippen MR) is 94.7 cm³/mol. The smallest absolute Gasteiger partial charge is 0.414 e. The summed E-state index contributed by atoms with van der Waals surface area (Å²) in [6, 6.07) is 12.1. The summed E-state index contributed by atoms with van der Waals surface area (Å²) in [5.41, 5.74) is 4.44. The summed E-state index contributed by atoms with van der Waals surface area (Å²) in [7, 11) is 4.70. The number of amides is 1. The summed E-state index contributed by atoms with van der Waals surface area (Å²) in [5, 5.41) is 0. The molecule has 130 valence electrons. The average Bonchev–Trinajstić information content (AvgIpc) is 2.66. The molecule has 5 heteroatoms. The second-order valence-corrected chi connectivity index (χ2v) is 6.46. The van der Waals surface area contributed by atoms with Crippen LogP contribution in [0.3, 0.4) is 0 Å². The quantitative estimate of drug-likeness (QED) is 0.828. The molecule has 2 aromatic rings. The normalized spacial score (nSPS) is 20.4. The molecule has 2 bridgehead atoms. The van der Waals surface area contributed by atoms with Gasteiger partial charge in [0.15, 0.2) is 11.5 Å². The number of fused-ring (bicyclic) bond motifs is 6. The number of anilines is 1. The van der Waals surface area contributed by atoms with E-state index in [1.165, 1.54) is 18.2 Å². The van der Waals surface area contributed by atoms with Crippen molar-refractivity contribution in [3.05, 3.63) is 53.1 Å². The van der Waals surface area contributed by atoms with Gasteiger partial charge in [0.25, 0.3) is 0 Å². The first kappa shape index (κ1) is 15.8. The highest BCUT2D eigenvalue weighted by Crippen LogP contribution is 2.52. The van der Waals surface area contributed by atoms with Crippen LogP contribution < -0.4 is 14.4 Å². The van der Waals surface area contributed by atoms with Gasteiger partial charge < -0.3 is 14.2 Å². The van der Waals surface area contributed by atoms with E-state index >= 15 is 0 Å². The summed E-state index contributed by atoms with van der Waals surface area (Å²) in [5.74, 6) is 1.79. The van der Waals surface area contributed by atoms with Crippen molar-refractivity contribution in [2.45, 2.75) is 24.8 Å². The molecule has 1 aliphatic heterocycles. The molecular formula is C20H21NO4. The van der Waals surface area contributed by atoms with Crippen molar-refractivity contribution in [1.29, 1.82) is 0 Å². The molecule has 2 unspecified atom stereocenters. The zero-order valence-corrected chi connectivity index (χ0v) is 14.6. The molecule has 0 fully saturated rings. The minimum Gasteiger partial charge on any atom is -0.493 e. The van der Waals surface area contributed by atoms with E-state index in [1.54, 1.807) is 19.1 Å². The SMILES string of the molecule is COC(=O)N1c2ccccc2C2Cc3cc(OC)c(OC)cc3C1C2. The summed E-state index contributed by atoms with van der Waals surface area (Å²) < 4.78 is 16.0. The maximum absolute atomic E-state index is 12.6. The van der Waals surface area contributed by atoms with E-state index in [4.69, 9.17) is 14.2 Å². The Bertz CT molecular complexity index is 832. The van der Waals surface area contributed by atoms with Crippen molar-refractivity contribution in [2.75, 3.05) is 26.2 Å². The van der Waals surface area contributed by atoms with Crippen molar-refractivity contribution >= 4 is 11.8 Å². The van der Waals surface area contributed by atoms with Gasteiger partial charge in [-0.15, -0.1) is 0 Å². The van der Waals surface area contributed by atoms with E-state index in [0.29, 0.717) is 11.7 Å². The summed E-state index contributed by atoms with van der Waals surface area (Å²) in [6.45, 7) is 0. The second kappa shape index (κ2) is 5.99. The van der Waals surface area contributed by atoms with Gasteiger partial charge in [-0.25, -0.2) is 4.79 Å². The van der Waals surface area contributed by atoms with Crippen LogP contribution in [0.1, 0.15) is 35.1 Å². The molecule has 0 radical (unpaired) electrons. The molecule has 0 aromatic heterocycles. The van der Waals surface area contributed by atoms with Crippen LogP contribution in [0, 0.1) is 0 Å². The molecule has 4 rings (SSSR count). The fourth-order valence-electron chi connectivity index (χ4n) is 4.19. The number of benzene rings is 2. The molecule has 1 heterocycles. The third kappa shape index (κ3) is 2.34. The molecule has 0 N–H and O–H groups in total. The van der Waals surface area contributed by atoms with Crippen LogP contribution in [0.4, 0.5) is 10.5 Å². The predicted octanol–water partition coefficient (Wildman–Crippen LogP) is 4.06. The third-order valence-corrected chi connectivity index (χ3v) is 5.30. The minimum absolute atomic E-state index is 0.0593. The number of methoxy groups -OCH3 is 3. The van der Waals surface area contributed by atoms with E-state index < -0.39 is 0 Å². The molecule has 0 spiro atoms. The number of carbonyl (C=O) groups excluding carboxylic acids is 1. The third-order valence-electron chi connectivity index (χ3n) is 5.30. The number of ether oxygens (including phenoxy) is 3. The van der Waals surface area contributed by atoms with Gasteiger partial charge in [0.05, 0.1) is 33.1 Å². The molecule has 1 aliphatic carbocycles. The van der Waals surface area contributed by atoms with Gasteiger partial charge >= 0.3 is 6.09 Å². The molecule has 2 aromatic carbocycles. The van der Waals surface area contributed by atoms with Gasteiger partial charge in [0.2, 0.25) is 0 Å². The van der Waals surface area contributed by atoms with Crippen LogP contribution >= 0.6 is 0 Å². The van der Waals surface area contributed by atoms with Gasteiger partial charge in [0, 0.05) is 0 Å². The van der Waals surface area contributed by atoms with Crippen LogP contribution in [-0.4, -0.2) is 27.4 Å². The Balaban J connectivity index is 1.90. The lowest BCUT2D eigenvalue weighted by Gasteiger charge is -2.44. The van der Waals surface area contributed by atoms with Crippen LogP contribution in [0.5, 0.6) is 11.5 Å². The Morgan fingerprint density at radius 2 is 1.76 bits per heavy atom. The van der Waals surface area contributed by atoms with Crippen molar-refractivity contribution in [3.63, 3.8) is 0 Å². The summed E-state index contributed by atoms with van der Waals surface area (Å²) >= 11 is 0. The van der Waals surface area contributed by atoms with E-state index in [0.717, 1.165) is 29.8 Å². The van der Waals surface area contributed by atoms with Gasteiger partial charge in [-0.3, -0.25) is 4.90 Å². The van der Waals surface area contributed by atoms with Gasteiger partial charge in [-0.2, -0.15) is 0 Å². The van der Waals surface area contributed by atoms with Crippen LogP contribution in [0.15, 0.2) is 36.4 Å². The topological polar surface area (TPSA) is 48.0 Å². The number of carbonyl (C=O) groups is 1. The maximum atomic E-state index is 12.6. The molecule has 0 saturated carbocycles. The first-order chi connectivity index (χ1) is 12.2. The Morgan fingerprint density at radius 1 is 1.04 bits per heavy atom. The fourth-order valence-corrected chi connectivity index (χ4v) is 4.19. The van der Waals surface area contributed by atoms with Gasteiger partial charge in [-0.05, 0) is 53.6 Å². The van der Waals surface area contributed by atoms with Crippen molar-refractivity contribution in [3.8, 4) is 11.5 Å². The molecule has 2 aliphatic rings. The monoisotopic (exact) mass is 339 g/mol. The minimum atomic E-state index is -0.335. The number of hydrogen-bond donors (Lipinski definition) is 0. The highest BCUT2D eigenvalue weighted by molar-refractivity contribution is 5.91. The van der Waals surface area contributed by atoms with E-state index in [1.807, 2.05) is 30.3 Å². The van der Waals surface area contributed by atoms with E-state index in [9.17, 15) is 4.79 Å². The molecule has 25 heavy (non-hydrogen) atoms. The lowest BCUT2D eigenvalue weighted by atomic mass is 9.73. The van der Waals surface area contributed by atoms with Gasteiger partial charge in [0.1, 0.15) is 0 Å². The Labute approximate surface area is 147 Å². The number of para-hydroxylation sites is 1. The zero-order chi connectivity index (χ0) is 17.6. The highest BCUT2D eigenvalue weighted by Gasteiger charge is 2.42.